The second-order valence-electron chi connectivity index (χ2n) is 5.47. The van der Waals surface area contributed by atoms with E-state index in [1.165, 1.54) is 24.8 Å². The molecule has 0 saturated carbocycles. The fraction of sp³-hybridized carbons (Fsp3) is 0.214. The van der Waals surface area contributed by atoms with E-state index in [9.17, 15) is 14.4 Å². The molecule has 0 spiro atoms. The number of carbonyl (C=O) groups excluding carboxylic acids is 1. The molecule has 11 nitrogen and oxygen atoms in total. The first-order valence-corrected chi connectivity index (χ1v) is 8.19. The minimum atomic E-state index is -0.864. The number of rotatable bonds is 4. The summed E-state index contributed by atoms with van der Waals surface area (Å²) in [6.07, 6.45) is 0. The molecule has 0 aliphatic heterocycles. The average Bonchev–Trinajstić information content (AvgIpc) is 3.02. The van der Waals surface area contributed by atoms with Crippen LogP contribution >= 0.6 is 23.2 Å². The van der Waals surface area contributed by atoms with Crippen LogP contribution in [0.4, 0.5) is 5.95 Å². The molecular weight excluding hydrogens is 399 g/mol. The van der Waals surface area contributed by atoms with Crippen molar-refractivity contribution in [3.05, 3.63) is 60.3 Å². The van der Waals surface area contributed by atoms with Gasteiger partial charge in [0.15, 0.2) is 0 Å². The summed E-state index contributed by atoms with van der Waals surface area (Å²) in [6.45, 7) is -0.114. The van der Waals surface area contributed by atoms with E-state index in [0.717, 1.165) is 9.25 Å². The van der Waals surface area contributed by atoms with E-state index in [4.69, 9.17) is 23.2 Å². The standard InChI is InChI=1S/C14H12Cl2N8O3/c1-22-13(18-20-21-22)17-11(25)10-12(26)24(14(27)23(2)19-10)6-7-3-4-8(15)9(16)5-7/h3-5H,6H2,1-2H3,(H,17,18,21,25). The summed E-state index contributed by atoms with van der Waals surface area (Å²) in [6, 6.07) is 4.69. The van der Waals surface area contributed by atoms with Crippen LogP contribution in [-0.2, 0) is 20.6 Å². The number of benzene rings is 1. The Morgan fingerprint density at radius 2 is 1.89 bits per heavy atom. The van der Waals surface area contributed by atoms with Crippen LogP contribution in [-0.4, -0.2) is 40.5 Å². The number of carbonyl (C=O) groups is 1. The summed E-state index contributed by atoms with van der Waals surface area (Å²) in [5, 5.41) is 17.3. The molecule has 0 bridgehead atoms. The highest BCUT2D eigenvalue weighted by atomic mass is 35.5. The highest BCUT2D eigenvalue weighted by molar-refractivity contribution is 6.42. The normalized spacial score (nSPS) is 10.8. The van der Waals surface area contributed by atoms with Gasteiger partial charge in [-0.1, -0.05) is 34.4 Å². The zero-order valence-electron chi connectivity index (χ0n) is 14.1. The third-order valence-corrected chi connectivity index (χ3v) is 4.33. The number of anilines is 1. The van der Waals surface area contributed by atoms with Crippen LogP contribution in [0.25, 0.3) is 0 Å². The second kappa shape index (κ2) is 7.29. The maximum atomic E-state index is 12.7. The SMILES string of the molecule is Cn1nnnc1NC(=O)c1nn(C)c(=O)n(Cc2ccc(Cl)c(Cl)c2)c1=O. The van der Waals surface area contributed by atoms with E-state index < -0.39 is 22.9 Å². The molecule has 27 heavy (non-hydrogen) atoms. The molecule has 3 aromatic rings. The Balaban J connectivity index is 2.01. The predicted molar refractivity (Wildman–Crippen MR) is 96.1 cm³/mol. The van der Waals surface area contributed by atoms with Crippen molar-refractivity contribution in [3.8, 4) is 0 Å². The zero-order valence-corrected chi connectivity index (χ0v) is 15.6. The third kappa shape index (κ3) is 3.73. The Morgan fingerprint density at radius 1 is 1.15 bits per heavy atom. The van der Waals surface area contributed by atoms with Crippen molar-refractivity contribution in [2.24, 2.45) is 14.1 Å². The van der Waals surface area contributed by atoms with E-state index in [1.54, 1.807) is 12.1 Å². The van der Waals surface area contributed by atoms with E-state index in [1.807, 2.05) is 0 Å². The summed E-state index contributed by atoms with van der Waals surface area (Å²) in [5.41, 5.74) is -1.49. The number of nitrogens with zero attached hydrogens (tertiary/aromatic N) is 7. The van der Waals surface area contributed by atoms with Crippen molar-refractivity contribution in [2.75, 3.05) is 5.32 Å². The quantitative estimate of drug-likeness (QED) is 0.643. The number of aryl methyl sites for hydroxylation is 2. The summed E-state index contributed by atoms with van der Waals surface area (Å²) < 4.78 is 2.97. The van der Waals surface area contributed by atoms with Gasteiger partial charge in [-0.25, -0.2) is 14.2 Å². The lowest BCUT2D eigenvalue weighted by Crippen LogP contribution is -2.44. The van der Waals surface area contributed by atoms with Gasteiger partial charge in [-0.3, -0.25) is 19.5 Å². The fourth-order valence-electron chi connectivity index (χ4n) is 2.22. The summed E-state index contributed by atoms with van der Waals surface area (Å²) in [5.74, 6) is -0.831. The Kier molecular flexibility index (Phi) is 5.06. The van der Waals surface area contributed by atoms with Crippen LogP contribution < -0.4 is 16.6 Å². The molecule has 140 valence electrons. The second-order valence-corrected chi connectivity index (χ2v) is 6.29. The van der Waals surface area contributed by atoms with Gasteiger partial charge < -0.3 is 0 Å². The van der Waals surface area contributed by atoms with Crippen LogP contribution in [0.2, 0.25) is 10.0 Å². The Bertz CT molecular complexity index is 1150. The van der Waals surface area contributed by atoms with E-state index in [2.05, 4.69) is 25.9 Å². The lowest BCUT2D eigenvalue weighted by atomic mass is 10.2. The van der Waals surface area contributed by atoms with Gasteiger partial charge in [0.2, 0.25) is 11.6 Å². The van der Waals surface area contributed by atoms with Crippen LogP contribution in [0, 0.1) is 0 Å². The molecule has 1 N–H and O–H groups in total. The number of hydrogen-bond acceptors (Lipinski definition) is 7. The molecule has 2 heterocycles. The largest absolute Gasteiger partial charge is 0.347 e. The predicted octanol–water partition coefficient (Wildman–Crippen LogP) is 0.0729. The molecule has 0 radical (unpaired) electrons. The smallest absolute Gasteiger partial charge is 0.288 e. The van der Waals surface area contributed by atoms with Gasteiger partial charge in [-0.2, -0.15) is 5.10 Å². The first-order chi connectivity index (χ1) is 12.8. The highest BCUT2D eigenvalue weighted by Crippen LogP contribution is 2.22. The van der Waals surface area contributed by atoms with E-state index in [0.29, 0.717) is 10.6 Å². The van der Waals surface area contributed by atoms with Gasteiger partial charge in [-0.05, 0) is 28.1 Å². The van der Waals surface area contributed by atoms with Gasteiger partial charge in [0.25, 0.3) is 11.5 Å². The molecular formula is C14H12Cl2N8O3. The molecule has 0 aliphatic carbocycles. The molecule has 0 unspecified atom stereocenters. The number of tetrazole rings is 1. The van der Waals surface area contributed by atoms with Gasteiger partial charge >= 0.3 is 5.69 Å². The van der Waals surface area contributed by atoms with Crippen molar-refractivity contribution in [2.45, 2.75) is 6.54 Å². The molecule has 1 amide bonds. The number of aromatic nitrogens is 7. The molecule has 0 aliphatic rings. The number of amides is 1. The first kappa shape index (κ1) is 18.7. The van der Waals surface area contributed by atoms with Gasteiger partial charge in [-0.15, -0.1) is 0 Å². The Hall–Kier alpha value is -3.05. The van der Waals surface area contributed by atoms with Crippen molar-refractivity contribution in [1.82, 2.24) is 34.6 Å². The molecule has 1 aromatic carbocycles. The van der Waals surface area contributed by atoms with Crippen molar-refractivity contribution in [3.63, 3.8) is 0 Å². The van der Waals surface area contributed by atoms with Crippen LogP contribution in [0.5, 0.6) is 0 Å². The summed E-state index contributed by atoms with van der Waals surface area (Å²) in [7, 11) is 2.83. The number of hydrogen-bond donors (Lipinski definition) is 1. The maximum absolute atomic E-state index is 12.7. The van der Waals surface area contributed by atoms with Crippen molar-refractivity contribution in [1.29, 1.82) is 0 Å². The van der Waals surface area contributed by atoms with E-state index in [-0.39, 0.29) is 17.5 Å². The third-order valence-electron chi connectivity index (χ3n) is 3.59. The molecule has 13 heteroatoms. The van der Waals surface area contributed by atoms with Crippen LogP contribution in [0.3, 0.4) is 0 Å². The van der Waals surface area contributed by atoms with Crippen LogP contribution in [0.1, 0.15) is 16.1 Å². The molecule has 2 aromatic heterocycles. The molecule has 0 atom stereocenters. The molecule has 0 fully saturated rings. The molecule has 0 saturated heterocycles. The van der Waals surface area contributed by atoms with Crippen molar-refractivity contribution < 1.29 is 4.79 Å². The lowest BCUT2D eigenvalue weighted by molar-refractivity contribution is 0.101. The van der Waals surface area contributed by atoms with Crippen molar-refractivity contribution >= 4 is 35.1 Å². The lowest BCUT2D eigenvalue weighted by Gasteiger charge is -2.10. The maximum Gasteiger partial charge on any atom is 0.347 e. The number of halogens is 2. The first-order valence-electron chi connectivity index (χ1n) is 7.43. The Morgan fingerprint density at radius 3 is 2.52 bits per heavy atom. The van der Waals surface area contributed by atoms with Gasteiger partial charge in [0, 0.05) is 14.1 Å². The van der Waals surface area contributed by atoms with Gasteiger partial charge in [0.1, 0.15) is 0 Å². The summed E-state index contributed by atoms with van der Waals surface area (Å²) in [4.78, 5) is 37.4. The van der Waals surface area contributed by atoms with E-state index >= 15 is 0 Å². The zero-order chi connectivity index (χ0) is 19.7. The van der Waals surface area contributed by atoms with Gasteiger partial charge in [0.05, 0.1) is 16.6 Å². The topological polar surface area (TPSA) is 130 Å². The molecule has 3 rings (SSSR count). The minimum absolute atomic E-state index is 0.0195. The highest BCUT2D eigenvalue weighted by Gasteiger charge is 2.20. The monoisotopic (exact) mass is 410 g/mol. The number of nitrogens with one attached hydrogen (secondary N) is 1. The fourth-order valence-corrected chi connectivity index (χ4v) is 2.54. The minimum Gasteiger partial charge on any atom is -0.288 e. The van der Waals surface area contributed by atoms with Crippen LogP contribution in [0.15, 0.2) is 27.8 Å². The summed E-state index contributed by atoms with van der Waals surface area (Å²) >= 11 is 11.8. The average molecular weight is 411 g/mol. The Labute approximate surface area is 161 Å².